The number of nitrogens with one attached hydrogen (secondary N) is 1. The standard InChI is InChI=1S/C17H19NO2/c1-13(19)15-8-5-9-16(12-15)18-17(20)11-10-14-6-3-2-4-7-14/h2-9,12-13,19H,10-11H2,1H3,(H,18,20)/t13-/m1/s1. The number of carbonyl (C=O) groups excluding carboxylic acids is 1. The van der Waals surface area contributed by atoms with Crippen LogP contribution in [0.4, 0.5) is 5.69 Å². The van der Waals surface area contributed by atoms with E-state index in [0.29, 0.717) is 6.42 Å². The second kappa shape index (κ2) is 6.87. The minimum atomic E-state index is -0.531. The quantitative estimate of drug-likeness (QED) is 0.875. The van der Waals surface area contributed by atoms with Gasteiger partial charge in [0.05, 0.1) is 6.10 Å². The fourth-order valence-electron chi connectivity index (χ4n) is 2.00. The maximum Gasteiger partial charge on any atom is 0.224 e. The number of aryl methyl sites for hydroxylation is 1. The van der Waals surface area contributed by atoms with Gasteiger partial charge in [-0.05, 0) is 36.6 Å². The fourth-order valence-corrected chi connectivity index (χ4v) is 2.00. The van der Waals surface area contributed by atoms with Gasteiger partial charge in [0.25, 0.3) is 0 Å². The van der Waals surface area contributed by atoms with Crippen molar-refractivity contribution in [3.05, 3.63) is 65.7 Å². The average molecular weight is 269 g/mol. The molecule has 2 rings (SSSR count). The molecule has 2 aromatic carbocycles. The van der Waals surface area contributed by atoms with Crippen LogP contribution in [0.5, 0.6) is 0 Å². The molecule has 0 aromatic heterocycles. The Morgan fingerprint density at radius 1 is 1.15 bits per heavy atom. The number of anilines is 1. The van der Waals surface area contributed by atoms with Gasteiger partial charge < -0.3 is 10.4 Å². The highest BCUT2D eigenvalue weighted by Crippen LogP contribution is 2.17. The largest absolute Gasteiger partial charge is 0.389 e. The van der Waals surface area contributed by atoms with Crippen LogP contribution in [0.15, 0.2) is 54.6 Å². The van der Waals surface area contributed by atoms with Crippen LogP contribution in [0, 0.1) is 0 Å². The Balaban J connectivity index is 1.90. The molecule has 104 valence electrons. The first-order valence-electron chi connectivity index (χ1n) is 6.77. The zero-order valence-electron chi connectivity index (χ0n) is 11.5. The number of aliphatic hydroxyl groups excluding tert-OH is 1. The molecule has 0 bridgehead atoms. The summed E-state index contributed by atoms with van der Waals surface area (Å²) < 4.78 is 0. The van der Waals surface area contributed by atoms with Gasteiger partial charge in [0, 0.05) is 12.1 Å². The second-order valence-corrected chi connectivity index (χ2v) is 4.84. The molecule has 0 heterocycles. The van der Waals surface area contributed by atoms with Crippen molar-refractivity contribution < 1.29 is 9.90 Å². The molecule has 3 nitrogen and oxygen atoms in total. The maximum atomic E-state index is 11.9. The first kappa shape index (κ1) is 14.3. The van der Waals surface area contributed by atoms with Crippen molar-refractivity contribution in [1.29, 1.82) is 0 Å². The first-order chi connectivity index (χ1) is 9.65. The van der Waals surface area contributed by atoms with Crippen LogP contribution in [0.1, 0.15) is 30.6 Å². The van der Waals surface area contributed by atoms with E-state index >= 15 is 0 Å². The molecule has 2 aromatic rings. The van der Waals surface area contributed by atoms with E-state index in [1.54, 1.807) is 13.0 Å². The van der Waals surface area contributed by atoms with Gasteiger partial charge in [-0.1, -0.05) is 42.5 Å². The molecule has 0 aliphatic heterocycles. The molecule has 1 atom stereocenters. The van der Waals surface area contributed by atoms with Gasteiger partial charge in [0.1, 0.15) is 0 Å². The van der Waals surface area contributed by atoms with Gasteiger partial charge >= 0.3 is 0 Å². The molecule has 0 saturated heterocycles. The molecule has 0 aliphatic rings. The van der Waals surface area contributed by atoms with Crippen molar-refractivity contribution in [2.24, 2.45) is 0 Å². The van der Waals surface area contributed by atoms with Crippen LogP contribution in [0.25, 0.3) is 0 Å². The molecule has 2 N–H and O–H groups in total. The van der Waals surface area contributed by atoms with Crippen LogP contribution < -0.4 is 5.32 Å². The number of hydrogen-bond acceptors (Lipinski definition) is 2. The highest BCUT2D eigenvalue weighted by atomic mass is 16.3. The predicted molar refractivity (Wildman–Crippen MR) is 80.5 cm³/mol. The summed E-state index contributed by atoms with van der Waals surface area (Å²) in [6, 6.07) is 17.2. The Labute approximate surface area is 119 Å². The van der Waals surface area contributed by atoms with Gasteiger partial charge in [0.15, 0.2) is 0 Å². The molecule has 0 aliphatic carbocycles. The van der Waals surface area contributed by atoms with E-state index in [1.807, 2.05) is 48.5 Å². The molecule has 0 fully saturated rings. The Bertz CT molecular complexity index is 564. The molecule has 0 spiro atoms. The van der Waals surface area contributed by atoms with Crippen molar-refractivity contribution >= 4 is 11.6 Å². The minimum absolute atomic E-state index is 0.0170. The van der Waals surface area contributed by atoms with E-state index in [9.17, 15) is 9.90 Å². The monoisotopic (exact) mass is 269 g/mol. The van der Waals surface area contributed by atoms with Crippen LogP contribution in [-0.2, 0) is 11.2 Å². The van der Waals surface area contributed by atoms with Crippen molar-refractivity contribution in [3.63, 3.8) is 0 Å². The van der Waals surface area contributed by atoms with E-state index in [0.717, 1.165) is 23.2 Å². The number of hydrogen-bond donors (Lipinski definition) is 2. The third-order valence-corrected chi connectivity index (χ3v) is 3.14. The SMILES string of the molecule is C[C@@H](O)c1cccc(NC(=O)CCc2ccccc2)c1. The van der Waals surface area contributed by atoms with Crippen molar-refractivity contribution in [1.82, 2.24) is 0 Å². The zero-order valence-corrected chi connectivity index (χ0v) is 11.5. The number of aliphatic hydroxyl groups is 1. The van der Waals surface area contributed by atoms with E-state index in [2.05, 4.69) is 5.32 Å². The number of amides is 1. The summed E-state index contributed by atoms with van der Waals surface area (Å²) in [5.74, 6) is -0.0170. The topological polar surface area (TPSA) is 49.3 Å². The van der Waals surface area contributed by atoms with Crippen LogP contribution >= 0.6 is 0 Å². The lowest BCUT2D eigenvalue weighted by Gasteiger charge is -2.09. The van der Waals surface area contributed by atoms with Gasteiger partial charge in [0.2, 0.25) is 5.91 Å². The minimum Gasteiger partial charge on any atom is -0.389 e. The molecular weight excluding hydrogens is 250 g/mol. The molecule has 0 unspecified atom stereocenters. The van der Waals surface area contributed by atoms with Crippen molar-refractivity contribution in [2.75, 3.05) is 5.32 Å². The Hall–Kier alpha value is -2.13. The van der Waals surface area contributed by atoms with Crippen LogP contribution in [-0.4, -0.2) is 11.0 Å². The molecular formula is C17H19NO2. The number of carbonyl (C=O) groups is 1. The third-order valence-electron chi connectivity index (χ3n) is 3.14. The normalized spacial score (nSPS) is 11.9. The smallest absolute Gasteiger partial charge is 0.224 e. The second-order valence-electron chi connectivity index (χ2n) is 4.84. The van der Waals surface area contributed by atoms with E-state index in [4.69, 9.17) is 0 Å². The summed E-state index contributed by atoms with van der Waals surface area (Å²) in [7, 11) is 0. The van der Waals surface area contributed by atoms with Crippen LogP contribution in [0.3, 0.4) is 0 Å². The highest BCUT2D eigenvalue weighted by molar-refractivity contribution is 5.90. The van der Waals surface area contributed by atoms with E-state index in [-0.39, 0.29) is 5.91 Å². The first-order valence-corrected chi connectivity index (χ1v) is 6.77. The summed E-state index contributed by atoms with van der Waals surface area (Å²) in [6.45, 7) is 1.70. The summed E-state index contributed by atoms with van der Waals surface area (Å²) in [5.41, 5.74) is 2.67. The Morgan fingerprint density at radius 2 is 1.90 bits per heavy atom. The van der Waals surface area contributed by atoms with Crippen LogP contribution in [0.2, 0.25) is 0 Å². The van der Waals surface area contributed by atoms with E-state index in [1.165, 1.54) is 0 Å². The highest BCUT2D eigenvalue weighted by Gasteiger charge is 2.05. The zero-order chi connectivity index (χ0) is 14.4. The summed E-state index contributed by atoms with van der Waals surface area (Å²) >= 11 is 0. The van der Waals surface area contributed by atoms with Gasteiger partial charge in [-0.25, -0.2) is 0 Å². The summed E-state index contributed by atoms with van der Waals surface area (Å²) in [5, 5.41) is 12.4. The lowest BCUT2D eigenvalue weighted by atomic mass is 10.1. The van der Waals surface area contributed by atoms with E-state index < -0.39 is 6.10 Å². The Morgan fingerprint density at radius 3 is 2.60 bits per heavy atom. The predicted octanol–water partition coefficient (Wildman–Crippen LogP) is 3.31. The molecule has 20 heavy (non-hydrogen) atoms. The summed E-state index contributed by atoms with van der Waals surface area (Å²) in [4.78, 5) is 11.9. The molecule has 0 radical (unpaired) electrons. The Kier molecular flexibility index (Phi) is 4.91. The third kappa shape index (κ3) is 4.21. The number of benzene rings is 2. The lowest BCUT2D eigenvalue weighted by Crippen LogP contribution is -2.12. The summed E-state index contributed by atoms with van der Waals surface area (Å²) in [6.07, 6.45) is 0.641. The molecule has 3 heteroatoms. The fraction of sp³-hybridized carbons (Fsp3) is 0.235. The molecule has 1 amide bonds. The maximum absolute atomic E-state index is 11.9. The molecule has 0 saturated carbocycles. The van der Waals surface area contributed by atoms with Gasteiger partial charge in [-0.2, -0.15) is 0 Å². The van der Waals surface area contributed by atoms with Crippen molar-refractivity contribution in [3.8, 4) is 0 Å². The average Bonchev–Trinajstić information content (AvgIpc) is 2.46. The van der Waals surface area contributed by atoms with Gasteiger partial charge in [-0.15, -0.1) is 0 Å². The van der Waals surface area contributed by atoms with Gasteiger partial charge in [-0.3, -0.25) is 4.79 Å². The number of rotatable bonds is 5. The van der Waals surface area contributed by atoms with Crippen molar-refractivity contribution in [2.45, 2.75) is 25.9 Å². The lowest BCUT2D eigenvalue weighted by molar-refractivity contribution is -0.116.